The van der Waals surface area contributed by atoms with Crippen LogP contribution < -0.4 is 5.32 Å². The van der Waals surface area contributed by atoms with Crippen LogP contribution in [0, 0.1) is 6.92 Å². The summed E-state index contributed by atoms with van der Waals surface area (Å²) in [5.41, 5.74) is 2.18. The molecule has 2 aromatic rings. The van der Waals surface area contributed by atoms with E-state index in [1.165, 1.54) is 12.1 Å². The van der Waals surface area contributed by atoms with Gasteiger partial charge in [-0.1, -0.05) is 0 Å². The fraction of sp³-hybridized carbons (Fsp3) is 0.250. The van der Waals surface area contributed by atoms with E-state index in [4.69, 9.17) is 5.11 Å². The number of hydrogen-bond donors (Lipinski definition) is 2. The molecule has 6 nitrogen and oxygen atoms in total. The van der Waals surface area contributed by atoms with Crippen LogP contribution in [0.1, 0.15) is 49.5 Å². The first-order chi connectivity index (χ1) is 12.4. The summed E-state index contributed by atoms with van der Waals surface area (Å²) in [6, 6.07) is 11.2. The summed E-state index contributed by atoms with van der Waals surface area (Å²) < 4.78 is 0. The van der Waals surface area contributed by atoms with Crippen molar-refractivity contribution in [2.75, 3.05) is 18.4 Å². The average Bonchev–Trinajstić information content (AvgIpc) is 3.16. The van der Waals surface area contributed by atoms with Crippen LogP contribution in [-0.4, -0.2) is 40.9 Å². The number of likely N-dealkylation sites (tertiary alicyclic amines) is 1. The molecule has 6 heteroatoms. The summed E-state index contributed by atoms with van der Waals surface area (Å²) in [5, 5.41) is 11.8. The smallest absolute Gasteiger partial charge is 0.335 e. The van der Waals surface area contributed by atoms with Gasteiger partial charge in [0.1, 0.15) is 0 Å². The molecule has 0 aromatic heterocycles. The maximum absolute atomic E-state index is 12.4. The van der Waals surface area contributed by atoms with Crippen molar-refractivity contribution in [1.82, 2.24) is 4.90 Å². The first-order valence-electron chi connectivity index (χ1n) is 8.50. The van der Waals surface area contributed by atoms with Crippen molar-refractivity contribution in [3.05, 3.63) is 64.7 Å². The van der Waals surface area contributed by atoms with Gasteiger partial charge < -0.3 is 15.3 Å². The minimum absolute atomic E-state index is 0.00478. The number of carboxylic acids is 1. The highest BCUT2D eigenvalue weighted by atomic mass is 16.4. The van der Waals surface area contributed by atoms with E-state index in [0.717, 1.165) is 25.9 Å². The third-order valence-electron chi connectivity index (χ3n) is 4.37. The molecule has 1 saturated heterocycles. The number of hydrogen-bond acceptors (Lipinski definition) is 3. The fourth-order valence-corrected chi connectivity index (χ4v) is 3.04. The Morgan fingerprint density at radius 3 is 2.15 bits per heavy atom. The highest BCUT2D eigenvalue weighted by Gasteiger charge is 2.19. The summed E-state index contributed by atoms with van der Waals surface area (Å²) in [6.45, 7) is 3.31. The number of amides is 2. The highest BCUT2D eigenvalue weighted by molar-refractivity contribution is 6.06. The van der Waals surface area contributed by atoms with Gasteiger partial charge in [0.25, 0.3) is 11.8 Å². The number of carbonyl (C=O) groups excluding carboxylic acids is 2. The Labute approximate surface area is 151 Å². The second-order valence-corrected chi connectivity index (χ2v) is 6.42. The molecule has 0 bridgehead atoms. The SMILES string of the molecule is Cc1cc(C(=O)O)cc(C(=O)Nc2ccc(C(=O)N3CCCC3)cc2)c1. The molecule has 2 amide bonds. The normalized spacial score (nSPS) is 13.5. The van der Waals surface area contributed by atoms with E-state index >= 15 is 0 Å². The molecule has 3 rings (SSSR count). The number of carboxylic acid groups (broad SMARTS) is 1. The van der Waals surface area contributed by atoms with Gasteiger partial charge in [-0.25, -0.2) is 4.79 Å². The maximum Gasteiger partial charge on any atom is 0.335 e. The first-order valence-corrected chi connectivity index (χ1v) is 8.50. The van der Waals surface area contributed by atoms with E-state index in [9.17, 15) is 14.4 Å². The number of rotatable bonds is 4. The minimum Gasteiger partial charge on any atom is -0.478 e. The Morgan fingerprint density at radius 1 is 0.923 bits per heavy atom. The highest BCUT2D eigenvalue weighted by Crippen LogP contribution is 2.17. The topological polar surface area (TPSA) is 86.7 Å². The van der Waals surface area contributed by atoms with Gasteiger partial charge in [0.2, 0.25) is 0 Å². The molecule has 1 aliphatic rings. The van der Waals surface area contributed by atoms with Crippen molar-refractivity contribution in [3.63, 3.8) is 0 Å². The monoisotopic (exact) mass is 352 g/mol. The number of aryl methyl sites for hydroxylation is 1. The van der Waals surface area contributed by atoms with E-state index in [2.05, 4.69) is 5.32 Å². The van der Waals surface area contributed by atoms with Gasteiger partial charge in [0, 0.05) is 29.9 Å². The third-order valence-corrected chi connectivity index (χ3v) is 4.37. The third kappa shape index (κ3) is 3.91. The van der Waals surface area contributed by atoms with Gasteiger partial charge in [0.15, 0.2) is 0 Å². The van der Waals surface area contributed by atoms with E-state index in [1.807, 2.05) is 4.90 Å². The molecular weight excluding hydrogens is 332 g/mol. The molecule has 1 fully saturated rings. The summed E-state index contributed by atoms with van der Waals surface area (Å²) in [5.74, 6) is -1.47. The average molecular weight is 352 g/mol. The molecule has 0 unspecified atom stereocenters. The van der Waals surface area contributed by atoms with E-state index in [-0.39, 0.29) is 17.0 Å². The first kappa shape index (κ1) is 17.7. The summed E-state index contributed by atoms with van der Waals surface area (Å²) in [7, 11) is 0. The Balaban J connectivity index is 1.72. The molecule has 2 N–H and O–H groups in total. The van der Waals surface area contributed by atoms with Gasteiger partial charge in [-0.15, -0.1) is 0 Å². The van der Waals surface area contributed by atoms with E-state index in [0.29, 0.717) is 16.8 Å². The van der Waals surface area contributed by atoms with E-state index < -0.39 is 11.9 Å². The maximum atomic E-state index is 12.4. The van der Waals surface area contributed by atoms with Gasteiger partial charge >= 0.3 is 5.97 Å². The Morgan fingerprint density at radius 2 is 1.54 bits per heavy atom. The van der Waals surface area contributed by atoms with Crippen molar-refractivity contribution in [1.29, 1.82) is 0 Å². The van der Waals surface area contributed by atoms with Crippen LogP contribution in [-0.2, 0) is 0 Å². The largest absolute Gasteiger partial charge is 0.478 e. The van der Waals surface area contributed by atoms with Crippen LogP contribution in [0.25, 0.3) is 0 Å². The van der Waals surface area contributed by atoms with Gasteiger partial charge in [-0.05, 0) is 67.8 Å². The second-order valence-electron chi connectivity index (χ2n) is 6.42. The predicted molar refractivity (Wildman–Crippen MR) is 97.7 cm³/mol. The van der Waals surface area contributed by atoms with Crippen molar-refractivity contribution >= 4 is 23.5 Å². The second kappa shape index (κ2) is 7.39. The molecule has 0 spiro atoms. The van der Waals surface area contributed by atoms with Crippen LogP contribution in [0.15, 0.2) is 42.5 Å². The quantitative estimate of drug-likeness (QED) is 0.885. The molecule has 134 valence electrons. The lowest BCUT2D eigenvalue weighted by Gasteiger charge is -2.15. The standard InChI is InChI=1S/C20H20N2O4/c1-13-10-15(12-16(11-13)20(25)26)18(23)21-17-6-4-14(5-7-17)19(24)22-8-2-3-9-22/h4-7,10-12H,2-3,8-9H2,1H3,(H,21,23)(H,25,26). The Bertz CT molecular complexity index is 853. The number of nitrogens with zero attached hydrogens (tertiary/aromatic N) is 1. The predicted octanol–water partition coefficient (Wildman–Crippen LogP) is 3.18. The fourth-order valence-electron chi connectivity index (χ4n) is 3.04. The molecule has 26 heavy (non-hydrogen) atoms. The van der Waals surface area contributed by atoms with Gasteiger partial charge in [-0.3, -0.25) is 9.59 Å². The van der Waals surface area contributed by atoms with Crippen molar-refractivity contribution in [3.8, 4) is 0 Å². The number of carbonyl (C=O) groups is 3. The lowest BCUT2D eigenvalue weighted by atomic mass is 10.1. The molecule has 0 saturated carbocycles. The number of nitrogens with one attached hydrogen (secondary N) is 1. The van der Waals surface area contributed by atoms with Gasteiger partial charge in [-0.2, -0.15) is 0 Å². The van der Waals surface area contributed by atoms with Crippen LogP contribution in [0.3, 0.4) is 0 Å². The van der Waals surface area contributed by atoms with Crippen LogP contribution in [0.5, 0.6) is 0 Å². The number of aromatic carboxylic acids is 1. The summed E-state index contributed by atoms with van der Waals surface area (Å²) in [6.07, 6.45) is 2.07. The summed E-state index contributed by atoms with van der Waals surface area (Å²) in [4.78, 5) is 37.7. The van der Waals surface area contributed by atoms with Crippen LogP contribution in [0.4, 0.5) is 5.69 Å². The van der Waals surface area contributed by atoms with Gasteiger partial charge in [0.05, 0.1) is 5.56 Å². The zero-order valence-electron chi connectivity index (χ0n) is 14.5. The molecule has 1 aliphatic heterocycles. The zero-order valence-corrected chi connectivity index (χ0v) is 14.5. The lowest BCUT2D eigenvalue weighted by molar-refractivity contribution is 0.0696. The molecular formula is C20H20N2O4. The van der Waals surface area contributed by atoms with Crippen molar-refractivity contribution < 1.29 is 19.5 Å². The minimum atomic E-state index is -1.08. The Kier molecular flexibility index (Phi) is 5.02. The zero-order chi connectivity index (χ0) is 18.7. The molecule has 0 radical (unpaired) electrons. The molecule has 0 atom stereocenters. The lowest BCUT2D eigenvalue weighted by Crippen LogP contribution is -2.27. The van der Waals surface area contributed by atoms with Crippen LogP contribution >= 0.6 is 0 Å². The molecule has 1 heterocycles. The number of anilines is 1. The Hall–Kier alpha value is -3.15. The summed E-state index contributed by atoms with van der Waals surface area (Å²) >= 11 is 0. The van der Waals surface area contributed by atoms with Crippen molar-refractivity contribution in [2.45, 2.75) is 19.8 Å². The number of benzene rings is 2. The van der Waals surface area contributed by atoms with Crippen LogP contribution in [0.2, 0.25) is 0 Å². The van der Waals surface area contributed by atoms with Crippen molar-refractivity contribution in [2.24, 2.45) is 0 Å². The molecule has 0 aliphatic carbocycles. The van der Waals surface area contributed by atoms with E-state index in [1.54, 1.807) is 37.3 Å². The molecule has 2 aromatic carbocycles.